The maximum Gasteiger partial charge on any atom is 1.00 e. The van der Waals surface area contributed by atoms with E-state index in [1.165, 1.54) is 51.7 Å². The molecule has 0 aromatic heterocycles. The third kappa shape index (κ3) is 11.8. The van der Waals surface area contributed by atoms with Crippen LogP contribution in [0.5, 0.6) is 0 Å². The minimum Gasteiger partial charge on any atom is -0.539 e. The van der Waals surface area contributed by atoms with Crippen LogP contribution in [-0.2, 0) is 9.59 Å². The van der Waals surface area contributed by atoms with E-state index in [1.54, 1.807) is 0 Å². The third-order valence-electron chi connectivity index (χ3n) is 3.25. The summed E-state index contributed by atoms with van der Waals surface area (Å²) in [5.41, 5.74) is -1.90. The van der Waals surface area contributed by atoms with Gasteiger partial charge in [0.25, 0.3) is 0 Å². The zero-order valence-electron chi connectivity index (χ0n) is 12.8. The molecule has 1 atom stereocenters. The van der Waals surface area contributed by atoms with Crippen LogP contribution in [0.3, 0.4) is 0 Å². The molecule has 0 aliphatic heterocycles. The number of carbonyl (C=O) groups excluding carboxylic acids is 2. The minimum atomic E-state index is -1.90. The summed E-state index contributed by atoms with van der Waals surface area (Å²) < 4.78 is 0. The molecule has 19 heavy (non-hydrogen) atoms. The fourth-order valence-corrected chi connectivity index (χ4v) is 1.90. The Morgan fingerprint density at radius 1 is 1.00 bits per heavy atom. The van der Waals surface area contributed by atoms with Crippen molar-refractivity contribution in [3.05, 3.63) is 0 Å². The first-order valence-electron chi connectivity index (χ1n) is 7.19. The summed E-state index contributed by atoms with van der Waals surface area (Å²) in [7, 11) is 0. The molecule has 1 N–H and O–H groups in total. The summed E-state index contributed by atoms with van der Waals surface area (Å²) in [5.74, 6) is -0.416. The fourth-order valence-electron chi connectivity index (χ4n) is 1.90. The number of Topliss-reactive ketones (excluding diaryl/α,β-unsaturated/α-hetero) is 1. The Labute approximate surface area is 139 Å². The van der Waals surface area contributed by atoms with Gasteiger partial charge < -0.3 is 9.90 Å². The van der Waals surface area contributed by atoms with Crippen LogP contribution in [0.25, 0.3) is 0 Å². The molecule has 0 amide bonds. The largest absolute Gasteiger partial charge is 1.00 e. The van der Waals surface area contributed by atoms with E-state index in [0.29, 0.717) is 0 Å². The van der Waals surface area contributed by atoms with Gasteiger partial charge in [-0.3, -0.25) is 4.79 Å². The van der Waals surface area contributed by atoms with Crippen molar-refractivity contribution in [3.63, 3.8) is 0 Å². The predicted octanol–water partition coefficient (Wildman–Crippen LogP) is 0.341. The van der Waals surface area contributed by atoms with Crippen molar-refractivity contribution in [2.24, 2.45) is 0 Å². The van der Waals surface area contributed by atoms with Gasteiger partial charge in [-0.05, 0) is 6.42 Å². The quantitative estimate of drug-likeness (QED) is 0.242. The molecule has 0 aliphatic carbocycles. The van der Waals surface area contributed by atoms with Crippen molar-refractivity contribution in [3.8, 4) is 0 Å². The normalized spacial score (nSPS) is 13.4. The average molecular weight is 278 g/mol. The average Bonchev–Trinajstić information content (AvgIpc) is 2.36. The van der Waals surface area contributed by atoms with E-state index in [9.17, 15) is 14.7 Å². The van der Waals surface area contributed by atoms with Crippen molar-refractivity contribution in [2.45, 2.75) is 83.7 Å². The SMILES string of the molecule is CCCCCCCCCCCC(=O)C(C)(O)[C-]=O.[Na+]. The summed E-state index contributed by atoms with van der Waals surface area (Å²) in [5, 5.41) is 9.34. The molecule has 0 radical (unpaired) electrons. The number of ketones is 1. The van der Waals surface area contributed by atoms with Gasteiger partial charge in [0, 0.05) is 12.0 Å². The van der Waals surface area contributed by atoms with Gasteiger partial charge in [0.05, 0.1) is 0 Å². The van der Waals surface area contributed by atoms with E-state index in [4.69, 9.17) is 0 Å². The van der Waals surface area contributed by atoms with E-state index in [2.05, 4.69) is 6.92 Å². The molecule has 0 bridgehead atoms. The van der Waals surface area contributed by atoms with Gasteiger partial charge >= 0.3 is 29.6 Å². The first-order valence-corrected chi connectivity index (χ1v) is 7.19. The summed E-state index contributed by atoms with van der Waals surface area (Å²) in [6, 6.07) is 0. The molecule has 0 rings (SSSR count). The van der Waals surface area contributed by atoms with Crippen molar-refractivity contribution in [1.82, 2.24) is 0 Å². The van der Waals surface area contributed by atoms with Gasteiger partial charge in [-0.1, -0.05) is 65.2 Å². The van der Waals surface area contributed by atoms with Crippen molar-refractivity contribution in [1.29, 1.82) is 0 Å². The Kier molecular flexibility index (Phi) is 15.1. The number of unbranched alkanes of at least 4 members (excludes halogenated alkanes) is 8. The Bertz CT molecular complexity index is 240. The second-order valence-electron chi connectivity index (χ2n) is 5.18. The number of rotatable bonds is 12. The molecule has 0 saturated heterocycles. The number of aliphatic hydroxyl groups is 1. The van der Waals surface area contributed by atoms with Crippen LogP contribution in [0.2, 0.25) is 0 Å². The first kappa shape index (κ1) is 21.6. The van der Waals surface area contributed by atoms with E-state index < -0.39 is 11.4 Å². The zero-order valence-corrected chi connectivity index (χ0v) is 14.8. The molecule has 0 spiro atoms. The zero-order chi connectivity index (χ0) is 13.9. The standard InChI is InChI=1S/C15H27O3.Na/c1-3-4-5-6-7-8-9-10-11-12-14(17)15(2,18)13-16;/h18H,3-12H2,1-2H3;/q-1;+1. The molecular formula is C15H27NaO3. The maximum absolute atomic E-state index is 11.4. The van der Waals surface area contributed by atoms with Crippen LogP contribution in [0.1, 0.15) is 78.1 Å². The minimum absolute atomic E-state index is 0. The van der Waals surface area contributed by atoms with Gasteiger partial charge in [0.2, 0.25) is 0 Å². The molecule has 106 valence electrons. The molecule has 0 saturated carbocycles. The fraction of sp³-hybridized carbons (Fsp3) is 0.867. The smallest absolute Gasteiger partial charge is 0.539 e. The first-order chi connectivity index (χ1) is 8.54. The number of hydrogen-bond donors (Lipinski definition) is 1. The number of hydrogen-bond acceptors (Lipinski definition) is 3. The van der Waals surface area contributed by atoms with Crippen LogP contribution in [-0.4, -0.2) is 22.8 Å². The molecule has 0 fully saturated rings. The van der Waals surface area contributed by atoms with Crippen LogP contribution >= 0.6 is 0 Å². The molecule has 4 heteroatoms. The van der Waals surface area contributed by atoms with Crippen molar-refractivity contribution >= 4 is 12.1 Å². The maximum atomic E-state index is 11.4. The Morgan fingerprint density at radius 3 is 1.84 bits per heavy atom. The summed E-state index contributed by atoms with van der Waals surface area (Å²) in [4.78, 5) is 21.7. The topological polar surface area (TPSA) is 54.4 Å². The summed E-state index contributed by atoms with van der Waals surface area (Å²) >= 11 is 0. The number of carbonyl (C=O) groups is 1. The second-order valence-corrected chi connectivity index (χ2v) is 5.18. The molecule has 0 aliphatic rings. The van der Waals surface area contributed by atoms with Gasteiger partial charge in [0.1, 0.15) is 5.78 Å². The molecule has 0 heterocycles. The second kappa shape index (κ2) is 13.3. The monoisotopic (exact) mass is 278 g/mol. The predicted molar refractivity (Wildman–Crippen MR) is 73.2 cm³/mol. The van der Waals surface area contributed by atoms with Gasteiger partial charge in [-0.2, -0.15) is 0 Å². The molecule has 3 nitrogen and oxygen atoms in total. The Balaban J connectivity index is 0. The van der Waals surface area contributed by atoms with Crippen LogP contribution in [0.15, 0.2) is 0 Å². The van der Waals surface area contributed by atoms with Gasteiger partial charge in [-0.15, -0.1) is 0 Å². The van der Waals surface area contributed by atoms with Crippen LogP contribution < -0.4 is 29.6 Å². The molecular weight excluding hydrogens is 251 g/mol. The van der Waals surface area contributed by atoms with Crippen LogP contribution in [0, 0.1) is 0 Å². The van der Waals surface area contributed by atoms with E-state index in [0.717, 1.165) is 19.3 Å². The molecule has 0 aromatic carbocycles. The summed E-state index contributed by atoms with van der Waals surface area (Å²) in [6.07, 6.45) is 12.3. The van der Waals surface area contributed by atoms with Gasteiger partial charge in [-0.25, -0.2) is 6.29 Å². The summed E-state index contributed by atoms with van der Waals surface area (Å²) in [6.45, 7) is 3.42. The molecule has 0 aromatic rings. The molecule has 1 unspecified atom stereocenters. The van der Waals surface area contributed by atoms with E-state index in [1.807, 2.05) is 0 Å². The van der Waals surface area contributed by atoms with E-state index in [-0.39, 0.29) is 36.0 Å². The van der Waals surface area contributed by atoms with Gasteiger partial charge in [0.15, 0.2) is 0 Å². The van der Waals surface area contributed by atoms with Crippen molar-refractivity contribution in [2.75, 3.05) is 0 Å². The van der Waals surface area contributed by atoms with Crippen LogP contribution in [0.4, 0.5) is 0 Å². The Morgan fingerprint density at radius 2 is 1.42 bits per heavy atom. The van der Waals surface area contributed by atoms with Crippen molar-refractivity contribution < 1.29 is 44.3 Å². The third-order valence-corrected chi connectivity index (χ3v) is 3.25. The Hall–Kier alpha value is 0.300. The van der Waals surface area contributed by atoms with E-state index >= 15 is 0 Å².